The molecule has 1 aliphatic carbocycles. The van der Waals surface area contributed by atoms with E-state index in [-0.39, 0.29) is 12.4 Å². The Kier molecular flexibility index (Phi) is 7.44. The molecular weight excluding hydrogens is 310 g/mol. The van der Waals surface area contributed by atoms with Crippen molar-refractivity contribution in [1.29, 1.82) is 0 Å². The van der Waals surface area contributed by atoms with Crippen LogP contribution in [-0.2, 0) is 6.54 Å². The molecule has 1 fully saturated rings. The minimum absolute atomic E-state index is 0. The van der Waals surface area contributed by atoms with Gasteiger partial charge in [-0.2, -0.15) is 0 Å². The largest absolute Gasteiger partial charge is 0.313 e. The molecular formula is C19H26ClNS. The molecule has 0 aliphatic heterocycles. The van der Waals surface area contributed by atoms with Gasteiger partial charge in [-0.3, -0.25) is 0 Å². The number of halogens is 1. The van der Waals surface area contributed by atoms with Gasteiger partial charge < -0.3 is 5.32 Å². The Morgan fingerprint density at radius 3 is 2.59 bits per heavy atom. The molecule has 1 saturated carbocycles. The van der Waals surface area contributed by atoms with Crippen LogP contribution in [0.3, 0.4) is 0 Å². The molecule has 3 heteroatoms. The van der Waals surface area contributed by atoms with Crippen LogP contribution in [0.2, 0.25) is 0 Å². The predicted molar refractivity (Wildman–Crippen MR) is 99.9 cm³/mol. The Hall–Kier alpha value is -0.830. The van der Waals surface area contributed by atoms with Gasteiger partial charge in [0.2, 0.25) is 0 Å². The molecule has 1 aromatic carbocycles. The number of thiophene rings is 1. The second-order valence-electron chi connectivity index (χ2n) is 6.10. The standard InChI is InChI=1S/C19H25NS.ClH/c1-2-7-16(8-3-1)12-13-20-15-17-9-4-5-10-18(17)19-11-6-14-21-19;/h4-6,9-11,14,16,20H,1-3,7-8,12-13,15H2;1H. The molecule has 1 N–H and O–H groups in total. The van der Waals surface area contributed by atoms with Crippen LogP contribution in [-0.4, -0.2) is 6.54 Å². The summed E-state index contributed by atoms with van der Waals surface area (Å²) in [6.45, 7) is 2.14. The zero-order valence-corrected chi connectivity index (χ0v) is 14.7. The van der Waals surface area contributed by atoms with Gasteiger partial charge in [-0.25, -0.2) is 0 Å². The van der Waals surface area contributed by atoms with Crippen molar-refractivity contribution in [3.63, 3.8) is 0 Å². The van der Waals surface area contributed by atoms with Crippen molar-refractivity contribution in [3.05, 3.63) is 47.3 Å². The van der Waals surface area contributed by atoms with Gasteiger partial charge in [0.25, 0.3) is 0 Å². The van der Waals surface area contributed by atoms with Crippen molar-refractivity contribution in [2.24, 2.45) is 5.92 Å². The highest BCUT2D eigenvalue weighted by molar-refractivity contribution is 7.13. The van der Waals surface area contributed by atoms with Gasteiger partial charge in [-0.05, 0) is 41.5 Å². The van der Waals surface area contributed by atoms with Crippen LogP contribution in [0.5, 0.6) is 0 Å². The van der Waals surface area contributed by atoms with Crippen LogP contribution < -0.4 is 5.32 Å². The summed E-state index contributed by atoms with van der Waals surface area (Å²) in [4.78, 5) is 1.37. The van der Waals surface area contributed by atoms with Crippen LogP contribution in [0.25, 0.3) is 10.4 Å². The van der Waals surface area contributed by atoms with Gasteiger partial charge >= 0.3 is 0 Å². The first-order valence-electron chi connectivity index (χ1n) is 8.26. The van der Waals surface area contributed by atoms with Crippen molar-refractivity contribution in [2.75, 3.05) is 6.54 Å². The summed E-state index contributed by atoms with van der Waals surface area (Å²) in [5.41, 5.74) is 2.81. The molecule has 22 heavy (non-hydrogen) atoms. The minimum Gasteiger partial charge on any atom is -0.313 e. The van der Waals surface area contributed by atoms with Gasteiger partial charge in [0.1, 0.15) is 0 Å². The molecule has 1 heterocycles. The van der Waals surface area contributed by atoms with Gasteiger partial charge in [0, 0.05) is 11.4 Å². The molecule has 0 spiro atoms. The average Bonchev–Trinajstić information content (AvgIpc) is 3.07. The molecule has 0 amide bonds. The first-order valence-corrected chi connectivity index (χ1v) is 9.14. The molecule has 3 rings (SSSR count). The van der Waals surface area contributed by atoms with Crippen LogP contribution in [0.15, 0.2) is 41.8 Å². The number of hydrogen-bond acceptors (Lipinski definition) is 2. The highest BCUT2D eigenvalue weighted by Crippen LogP contribution is 2.28. The van der Waals surface area contributed by atoms with Crippen LogP contribution in [0.4, 0.5) is 0 Å². The summed E-state index contributed by atoms with van der Waals surface area (Å²) >= 11 is 1.82. The summed E-state index contributed by atoms with van der Waals surface area (Å²) in [6.07, 6.45) is 8.61. The third-order valence-corrected chi connectivity index (χ3v) is 5.48. The lowest BCUT2D eigenvalue weighted by molar-refractivity contribution is 0.334. The van der Waals surface area contributed by atoms with E-state index in [1.807, 2.05) is 11.3 Å². The van der Waals surface area contributed by atoms with E-state index >= 15 is 0 Å². The second kappa shape index (κ2) is 9.34. The molecule has 0 unspecified atom stereocenters. The second-order valence-corrected chi connectivity index (χ2v) is 7.05. The Morgan fingerprint density at radius 2 is 1.82 bits per heavy atom. The maximum atomic E-state index is 3.66. The fourth-order valence-corrected chi connectivity index (χ4v) is 4.14. The van der Waals surface area contributed by atoms with Crippen molar-refractivity contribution >= 4 is 23.7 Å². The lowest BCUT2D eigenvalue weighted by Crippen LogP contribution is -2.19. The normalized spacial score (nSPS) is 15.5. The van der Waals surface area contributed by atoms with Crippen LogP contribution >= 0.6 is 23.7 Å². The minimum atomic E-state index is 0. The van der Waals surface area contributed by atoms with Crippen molar-refractivity contribution in [1.82, 2.24) is 5.32 Å². The van der Waals surface area contributed by atoms with Crippen LogP contribution in [0, 0.1) is 5.92 Å². The summed E-state index contributed by atoms with van der Waals surface area (Å²) in [7, 11) is 0. The lowest BCUT2D eigenvalue weighted by Gasteiger charge is -2.21. The monoisotopic (exact) mass is 335 g/mol. The van der Waals surface area contributed by atoms with Crippen molar-refractivity contribution < 1.29 is 0 Å². The summed E-state index contributed by atoms with van der Waals surface area (Å²) in [6, 6.07) is 13.1. The molecule has 120 valence electrons. The van der Waals surface area contributed by atoms with E-state index in [1.54, 1.807) is 0 Å². The number of nitrogens with one attached hydrogen (secondary N) is 1. The maximum absolute atomic E-state index is 3.66. The molecule has 2 aromatic rings. The van der Waals surface area contributed by atoms with E-state index in [0.29, 0.717) is 0 Å². The summed E-state index contributed by atoms with van der Waals surface area (Å²) in [5.74, 6) is 0.971. The SMILES string of the molecule is Cl.c1csc(-c2ccccc2CNCCC2CCCCC2)c1. The van der Waals surface area contributed by atoms with E-state index in [4.69, 9.17) is 0 Å². The molecule has 0 bridgehead atoms. The lowest BCUT2D eigenvalue weighted by atomic mass is 9.87. The van der Waals surface area contributed by atoms with Crippen molar-refractivity contribution in [2.45, 2.75) is 45.1 Å². The van der Waals surface area contributed by atoms with Crippen LogP contribution in [0.1, 0.15) is 44.1 Å². The molecule has 1 aliphatic rings. The zero-order chi connectivity index (χ0) is 14.3. The molecule has 0 atom stereocenters. The smallest absolute Gasteiger partial charge is 0.0345 e. The highest BCUT2D eigenvalue weighted by Gasteiger charge is 2.12. The maximum Gasteiger partial charge on any atom is 0.0345 e. The Bertz CT molecular complexity index is 532. The Labute approximate surface area is 144 Å². The topological polar surface area (TPSA) is 12.0 Å². The quantitative estimate of drug-likeness (QED) is 0.648. The van der Waals surface area contributed by atoms with Gasteiger partial charge in [-0.15, -0.1) is 23.7 Å². The number of benzene rings is 1. The first kappa shape index (κ1) is 17.5. The fraction of sp³-hybridized carbons (Fsp3) is 0.474. The third-order valence-electron chi connectivity index (χ3n) is 4.57. The average molecular weight is 336 g/mol. The fourth-order valence-electron chi connectivity index (χ4n) is 3.35. The van der Waals surface area contributed by atoms with E-state index in [9.17, 15) is 0 Å². The molecule has 1 aromatic heterocycles. The molecule has 0 saturated heterocycles. The molecule has 0 radical (unpaired) electrons. The Balaban J connectivity index is 0.00000176. The summed E-state index contributed by atoms with van der Waals surface area (Å²) in [5, 5.41) is 5.81. The highest BCUT2D eigenvalue weighted by atomic mass is 35.5. The van der Waals surface area contributed by atoms with E-state index in [1.165, 1.54) is 54.5 Å². The predicted octanol–water partition coefficient (Wildman–Crippen LogP) is 5.90. The number of rotatable bonds is 6. The van der Waals surface area contributed by atoms with E-state index in [0.717, 1.165) is 19.0 Å². The van der Waals surface area contributed by atoms with E-state index in [2.05, 4.69) is 47.1 Å². The van der Waals surface area contributed by atoms with Gasteiger partial charge in [0.15, 0.2) is 0 Å². The van der Waals surface area contributed by atoms with Gasteiger partial charge in [-0.1, -0.05) is 62.4 Å². The summed E-state index contributed by atoms with van der Waals surface area (Å²) < 4.78 is 0. The number of hydrogen-bond donors (Lipinski definition) is 1. The van der Waals surface area contributed by atoms with E-state index < -0.39 is 0 Å². The molecule has 1 nitrogen and oxygen atoms in total. The first-order chi connectivity index (χ1) is 10.4. The van der Waals surface area contributed by atoms with Gasteiger partial charge in [0.05, 0.1) is 0 Å². The third kappa shape index (κ3) is 4.84. The zero-order valence-electron chi connectivity index (χ0n) is 13.1. The Morgan fingerprint density at radius 1 is 1.00 bits per heavy atom. The van der Waals surface area contributed by atoms with Crippen molar-refractivity contribution in [3.8, 4) is 10.4 Å².